The third-order valence-electron chi connectivity index (χ3n) is 3.17. The predicted molar refractivity (Wildman–Crippen MR) is 58.4 cm³/mol. The smallest absolute Gasteiger partial charge is 0.323 e. The van der Waals surface area contributed by atoms with E-state index in [1.807, 2.05) is 0 Å². The summed E-state index contributed by atoms with van der Waals surface area (Å²) in [6.45, 7) is 1.61. The molecule has 1 saturated carbocycles. The molecule has 0 aromatic heterocycles. The van der Waals surface area contributed by atoms with Crippen LogP contribution in [0.4, 0.5) is 0 Å². The van der Waals surface area contributed by atoms with Crippen LogP contribution < -0.4 is 0 Å². The highest BCUT2D eigenvalue weighted by Crippen LogP contribution is 2.33. The molecular weight excluding hydrogens is 226 g/mol. The summed E-state index contributed by atoms with van der Waals surface area (Å²) in [6.07, 6.45) is 1.74. The number of nitrogens with zero attached hydrogens (tertiary/aromatic N) is 1. The van der Waals surface area contributed by atoms with E-state index in [2.05, 4.69) is 0 Å². The van der Waals surface area contributed by atoms with Gasteiger partial charge in [0.15, 0.2) is 0 Å². The first-order chi connectivity index (χ1) is 7.97. The first-order valence-electron chi connectivity index (χ1n) is 5.70. The molecule has 1 fully saturated rings. The van der Waals surface area contributed by atoms with Gasteiger partial charge in [-0.25, -0.2) is 0 Å². The highest BCUT2D eigenvalue weighted by atomic mass is 16.4. The topological polar surface area (TPSA) is 94.9 Å². The van der Waals surface area contributed by atoms with E-state index in [9.17, 15) is 14.4 Å². The normalized spacial score (nSPS) is 23.4. The van der Waals surface area contributed by atoms with Gasteiger partial charge in [0, 0.05) is 6.54 Å². The fraction of sp³-hybridized carbons (Fsp3) is 0.727. The van der Waals surface area contributed by atoms with Crippen LogP contribution in [-0.4, -0.2) is 46.0 Å². The van der Waals surface area contributed by atoms with Gasteiger partial charge in [-0.05, 0) is 19.8 Å². The van der Waals surface area contributed by atoms with Gasteiger partial charge < -0.3 is 15.1 Å². The zero-order valence-electron chi connectivity index (χ0n) is 9.76. The summed E-state index contributed by atoms with van der Waals surface area (Å²) in [5.41, 5.74) is 0. The van der Waals surface area contributed by atoms with Crippen molar-refractivity contribution >= 4 is 17.8 Å². The van der Waals surface area contributed by atoms with Crippen molar-refractivity contribution in [3.8, 4) is 0 Å². The van der Waals surface area contributed by atoms with E-state index >= 15 is 0 Å². The molecule has 1 aliphatic carbocycles. The SMILES string of the molecule is CCN(CC(=O)O)C(=O)[C@H]1CCC[C@H]1C(=O)O. The molecule has 0 bridgehead atoms. The Balaban J connectivity index is 2.73. The Bertz CT molecular complexity index is 328. The molecule has 0 radical (unpaired) electrons. The Kier molecular flexibility index (Phi) is 4.48. The Morgan fingerprint density at radius 1 is 1.18 bits per heavy atom. The Morgan fingerprint density at radius 2 is 1.76 bits per heavy atom. The van der Waals surface area contributed by atoms with Gasteiger partial charge in [0.05, 0.1) is 11.8 Å². The minimum absolute atomic E-state index is 0.286. The van der Waals surface area contributed by atoms with Crippen molar-refractivity contribution in [1.29, 1.82) is 0 Å². The van der Waals surface area contributed by atoms with Gasteiger partial charge in [0.2, 0.25) is 5.91 Å². The van der Waals surface area contributed by atoms with Crippen LogP contribution in [0, 0.1) is 11.8 Å². The molecular formula is C11H17NO5. The average Bonchev–Trinajstić information content (AvgIpc) is 2.73. The number of likely N-dealkylation sites (N-methyl/N-ethyl adjacent to an activating group) is 1. The van der Waals surface area contributed by atoms with Gasteiger partial charge >= 0.3 is 11.9 Å². The summed E-state index contributed by atoms with van der Waals surface area (Å²) in [5, 5.41) is 17.7. The average molecular weight is 243 g/mol. The number of carboxylic acid groups (broad SMARTS) is 2. The molecule has 0 unspecified atom stereocenters. The van der Waals surface area contributed by atoms with Crippen LogP contribution in [0.2, 0.25) is 0 Å². The number of carbonyl (C=O) groups is 3. The molecule has 1 amide bonds. The van der Waals surface area contributed by atoms with Crippen LogP contribution in [0.3, 0.4) is 0 Å². The largest absolute Gasteiger partial charge is 0.481 e. The van der Waals surface area contributed by atoms with E-state index in [4.69, 9.17) is 10.2 Å². The molecule has 6 heteroatoms. The number of hydrogen-bond donors (Lipinski definition) is 2. The fourth-order valence-corrected chi connectivity index (χ4v) is 2.29. The summed E-state index contributed by atoms with van der Waals surface area (Å²) in [6, 6.07) is 0. The maximum Gasteiger partial charge on any atom is 0.323 e. The first-order valence-corrected chi connectivity index (χ1v) is 5.70. The lowest BCUT2D eigenvalue weighted by Gasteiger charge is -2.24. The zero-order chi connectivity index (χ0) is 13.0. The van der Waals surface area contributed by atoms with Crippen LogP contribution in [0.1, 0.15) is 26.2 Å². The Hall–Kier alpha value is -1.59. The van der Waals surface area contributed by atoms with Crippen LogP contribution in [0.25, 0.3) is 0 Å². The van der Waals surface area contributed by atoms with E-state index in [0.29, 0.717) is 19.3 Å². The molecule has 17 heavy (non-hydrogen) atoms. The number of aliphatic carboxylic acids is 2. The van der Waals surface area contributed by atoms with Crippen molar-refractivity contribution in [2.24, 2.45) is 11.8 Å². The summed E-state index contributed by atoms with van der Waals surface area (Å²) in [5.74, 6) is -3.62. The molecule has 1 aliphatic rings. The molecule has 0 aromatic carbocycles. The molecule has 6 nitrogen and oxygen atoms in total. The fourth-order valence-electron chi connectivity index (χ4n) is 2.29. The number of hydrogen-bond acceptors (Lipinski definition) is 3. The third-order valence-corrected chi connectivity index (χ3v) is 3.17. The van der Waals surface area contributed by atoms with Crippen LogP contribution in [0.15, 0.2) is 0 Å². The van der Waals surface area contributed by atoms with Crippen LogP contribution >= 0.6 is 0 Å². The Labute approximate surface area is 99.2 Å². The maximum atomic E-state index is 12.0. The van der Waals surface area contributed by atoms with Gasteiger partial charge in [-0.15, -0.1) is 0 Å². The minimum atomic E-state index is -1.08. The monoisotopic (exact) mass is 243 g/mol. The first kappa shape index (κ1) is 13.5. The standard InChI is InChI=1S/C11H17NO5/c1-2-12(6-9(13)14)10(15)7-4-3-5-8(7)11(16)17/h7-8H,2-6H2,1H3,(H,13,14)(H,16,17)/t7-,8+/m0/s1. The number of carboxylic acids is 2. The van der Waals surface area contributed by atoms with E-state index in [1.165, 1.54) is 4.90 Å². The third kappa shape index (κ3) is 3.18. The summed E-state index contributed by atoms with van der Waals surface area (Å²) >= 11 is 0. The molecule has 96 valence electrons. The van der Waals surface area contributed by atoms with Crippen molar-refractivity contribution in [3.05, 3.63) is 0 Å². The Morgan fingerprint density at radius 3 is 2.24 bits per heavy atom. The van der Waals surface area contributed by atoms with Gasteiger partial charge in [0.1, 0.15) is 6.54 Å². The predicted octanol–water partition coefficient (Wildman–Crippen LogP) is 0.420. The van der Waals surface area contributed by atoms with Crippen LogP contribution in [0.5, 0.6) is 0 Å². The lowest BCUT2D eigenvalue weighted by molar-refractivity contribution is -0.151. The maximum absolute atomic E-state index is 12.0. The molecule has 0 aliphatic heterocycles. The second-order valence-electron chi connectivity index (χ2n) is 4.23. The molecule has 2 N–H and O–H groups in total. The number of amides is 1. The zero-order valence-corrected chi connectivity index (χ0v) is 9.76. The lowest BCUT2D eigenvalue weighted by atomic mass is 9.94. The van der Waals surface area contributed by atoms with Gasteiger partial charge in [-0.1, -0.05) is 6.42 Å². The van der Waals surface area contributed by atoms with Gasteiger partial charge in [-0.3, -0.25) is 14.4 Å². The number of rotatable bonds is 5. The van der Waals surface area contributed by atoms with E-state index < -0.39 is 23.8 Å². The minimum Gasteiger partial charge on any atom is -0.481 e. The number of carbonyl (C=O) groups excluding carboxylic acids is 1. The van der Waals surface area contributed by atoms with E-state index in [-0.39, 0.29) is 19.0 Å². The van der Waals surface area contributed by atoms with Gasteiger partial charge in [-0.2, -0.15) is 0 Å². The molecule has 0 spiro atoms. The van der Waals surface area contributed by atoms with Crippen molar-refractivity contribution in [1.82, 2.24) is 4.90 Å². The van der Waals surface area contributed by atoms with Crippen molar-refractivity contribution in [2.45, 2.75) is 26.2 Å². The van der Waals surface area contributed by atoms with Crippen LogP contribution in [-0.2, 0) is 14.4 Å². The van der Waals surface area contributed by atoms with Gasteiger partial charge in [0.25, 0.3) is 0 Å². The van der Waals surface area contributed by atoms with Crippen molar-refractivity contribution < 1.29 is 24.6 Å². The van der Waals surface area contributed by atoms with Crippen molar-refractivity contribution in [2.75, 3.05) is 13.1 Å². The molecule has 1 rings (SSSR count). The highest BCUT2D eigenvalue weighted by Gasteiger charge is 2.39. The van der Waals surface area contributed by atoms with Crippen molar-refractivity contribution in [3.63, 3.8) is 0 Å². The highest BCUT2D eigenvalue weighted by molar-refractivity contribution is 5.87. The summed E-state index contributed by atoms with van der Waals surface area (Å²) in [4.78, 5) is 34.8. The quantitative estimate of drug-likeness (QED) is 0.729. The molecule has 0 saturated heterocycles. The molecule has 0 heterocycles. The van der Waals surface area contributed by atoms with E-state index in [1.54, 1.807) is 6.92 Å². The molecule has 0 aromatic rings. The second kappa shape index (κ2) is 5.65. The summed E-state index contributed by atoms with van der Waals surface area (Å²) in [7, 11) is 0. The molecule has 2 atom stereocenters. The summed E-state index contributed by atoms with van der Waals surface area (Å²) < 4.78 is 0. The lowest BCUT2D eigenvalue weighted by Crippen LogP contribution is -2.41. The van der Waals surface area contributed by atoms with E-state index in [0.717, 1.165) is 0 Å². The second-order valence-corrected chi connectivity index (χ2v) is 4.23.